The molecule has 2 aliphatic rings. The second kappa shape index (κ2) is 14.7. The zero-order valence-corrected chi connectivity index (χ0v) is 37.0. The SMILES string of the molecule is CC1(C)c2ccccc2-c2ccc(N(c3ccc(C4(c5ccc(-n6c7ccccc7c7ccccc76)cc5)c5ccccc5-c5ccccc54)cc3)c3cccc(-c4ccccc4)c3)cc21. The summed E-state index contributed by atoms with van der Waals surface area (Å²) in [5.41, 5.74) is 21.7. The standard InChI is InChI=1S/C64H46N2/c1-63(2)57-26-11-6-21-51(57)54-40-39-50(42-60(54)63)65(49-20-16-19-44(41-49)43-17-4-3-5-18-43)47-35-31-45(32-36-47)64(58-27-12-7-22-52(58)53-23-8-13-28-59(53)64)46-33-37-48(38-34-46)66-61-29-14-9-24-55(61)56-25-10-15-30-62(56)66/h3-42H,1-2H3. The van der Waals surface area contributed by atoms with Crippen LogP contribution in [0.1, 0.15) is 47.2 Å². The van der Waals surface area contributed by atoms with E-state index in [9.17, 15) is 0 Å². The third-order valence-corrected chi connectivity index (χ3v) is 14.7. The lowest BCUT2D eigenvalue weighted by molar-refractivity contribution is 0.660. The number of hydrogen-bond acceptors (Lipinski definition) is 1. The monoisotopic (exact) mass is 842 g/mol. The van der Waals surface area contributed by atoms with Crippen molar-refractivity contribution < 1.29 is 0 Å². The van der Waals surface area contributed by atoms with E-state index in [1.807, 2.05) is 0 Å². The topological polar surface area (TPSA) is 8.17 Å². The molecule has 11 aromatic rings. The number of rotatable bonds is 7. The zero-order chi connectivity index (χ0) is 44.0. The van der Waals surface area contributed by atoms with Crippen molar-refractivity contribution in [3.8, 4) is 39.1 Å². The minimum atomic E-state index is -0.549. The predicted molar refractivity (Wildman–Crippen MR) is 276 cm³/mol. The van der Waals surface area contributed by atoms with Crippen LogP contribution in [0.25, 0.3) is 60.9 Å². The number of hydrogen-bond donors (Lipinski definition) is 0. The van der Waals surface area contributed by atoms with Gasteiger partial charge >= 0.3 is 0 Å². The van der Waals surface area contributed by atoms with Gasteiger partial charge in [0, 0.05) is 38.9 Å². The van der Waals surface area contributed by atoms with E-state index >= 15 is 0 Å². The Bertz CT molecular complexity index is 3570. The van der Waals surface area contributed by atoms with Crippen molar-refractivity contribution in [2.75, 3.05) is 4.90 Å². The highest BCUT2D eigenvalue weighted by Gasteiger charge is 2.46. The summed E-state index contributed by atoms with van der Waals surface area (Å²) in [5.74, 6) is 0. The number of benzene rings is 10. The molecule has 13 rings (SSSR count). The average molecular weight is 843 g/mol. The molecule has 0 atom stereocenters. The van der Waals surface area contributed by atoms with Crippen molar-refractivity contribution >= 4 is 38.9 Å². The molecule has 2 nitrogen and oxygen atoms in total. The molecule has 0 bridgehead atoms. The minimum Gasteiger partial charge on any atom is -0.310 e. The summed E-state index contributed by atoms with van der Waals surface area (Å²) in [6.45, 7) is 4.73. The Labute approximate surface area is 386 Å². The highest BCUT2D eigenvalue weighted by molar-refractivity contribution is 6.09. The Morgan fingerprint density at radius 2 is 0.803 bits per heavy atom. The normalized spacial score (nSPS) is 13.8. The second-order valence-electron chi connectivity index (χ2n) is 18.5. The Morgan fingerprint density at radius 1 is 0.333 bits per heavy atom. The molecule has 10 aromatic carbocycles. The van der Waals surface area contributed by atoms with Crippen LogP contribution in [0.3, 0.4) is 0 Å². The van der Waals surface area contributed by atoms with Crippen molar-refractivity contribution in [1.82, 2.24) is 4.57 Å². The molecule has 1 heterocycles. The lowest BCUT2D eigenvalue weighted by atomic mass is 9.67. The third-order valence-electron chi connectivity index (χ3n) is 14.7. The number of aromatic nitrogens is 1. The van der Waals surface area contributed by atoms with Crippen LogP contribution in [-0.4, -0.2) is 4.57 Å². The first-order valence-electron chi connectivity index (χ1n) is 23.1. The van der Waals surface area contributed by atoms with E-state index in [1.54, 1.807) is 0 Å². The molecule has 0 saturated carbocycles. The maximum Gasteiger partial charge on any atom is 0.0713 e. The number of para-hydroxylation sites is 2. The van der Waals surface area contributed by atoms with Gasteiger partial charge in [0.1, 0.15) is 0 Å². The predicted octanol–water partition coefficient (Wildman–Crippen LogP) is 16.6. The molecule has 0 saturated heterocycles. The molecular formula is C64H46N2. The second-order valence-corrected chi connectivity index (χ2v) is 18.5. The zero-order valence-electron chi connectivity index (χ0n) is 37.0. The van der Waals surface area contributed by atoms with Gasteiger partial charge in [-0.05, 0) is 127 Å². The molecule has 0 fully saturated rings. The Morgan fingerprint density at radius 3 is 1.44 bits per heavy atom. The molecule has 0 amide bonds. The molecule has 0 aliphatic heterocycles. The first kappa shape index (κ1) is 38.3. The van der Waals surface area contributed by atoms with Crippen molar-refractivity contribution in [3.05, 3.63) is 276 Å². The fraction of sp³-hybridized carbons (Fsp3) is 0.0625. The van der Waals surface area contributed by atoms with Gasteiger partial charge < -0.3 is 9.47 Å². The van der Waals surface area contributed by atoms with Crippen LogP contribution in [-0.2, 0) is 10.8 Å². The quantitative estimate of drug-likeness (QED) is 0.155. The summed E-state index contributed by atoms with van der Waals surface area (Å²) in [4.78, 5) is 2.44. The van der Waals surface area contributed by atoms with E-state index in [0.29, 0.717) is 0 Å². The fourth-order valence-corrected chi connectivity index (χ4v) is 11.7. The molecule has 0 N–H and O–H groups in total. The number of fused-ring (bicyclic) bond motifs is 9. The summed E-state index contributed by atoms with van der Waals surface area (Å²) in [6, 6.07) is 90.1. The van der Waals surface area contributed by atoms with E-state index in [0.717, 1.165) is 22.7 Å². The fourth-order valence-electron chi connectivity index (χ4n) is 11.7. The average Bonchev–Trinajstić information content (AvgIpc) is 3.96. The number of nitrogens with zero attached hydrogens (tertiary/aromatic N) is 2. The third kappa shape index (κ3) is 5.55. The molecule has 0 radical (unpaired) electrons. The van der Waals surface area contributed by atoms with Gasteiger partial charge in [-0.1, -0.05) is 196 Å². The van der Waals surface area contributed by atoms with Crippen LogP contribution >= 0.6 is 0 Å². The summed E-state index contributed by atoms with van der Waals surface area (Å²) >= 11 is 0. The van der Waals surface area contributed by atoms with Gasteiger partial charge in [0.25, 0.3) is 0 Å². The Hall–Kier alpha value is -8.20. The van der Waals surface area contributed by atoms with Crippen molar-refractivity contribution in [1.29, 1.82) is 0 Å². The molecular weight excluding hydrogens is 797 g/mol. The van der Waals surface area contributed by atoms with Gasteiger partial charge in [-0.2, -0.15) is 0 Å². The maximum absolute atomic E-state index is 2.44. The van der Waals surface area contributed by atoms with Crippen LogP contribution in [0.5, 0.6) is 0 Å². The van der Waals surface area contributed by atoms with Gasteiger partial charge in [0.05, 0.1) is 16.4 Å². The van der Waals surface area contributed by atoms with Crippen LogP contribution in [0, 0.1) is 0 Å². The van der Waals surface area contributed by atoms with E-state index < -0.39 is 5.41 Å². The lowest BCUT2D eigenvalue weighted by Crippen LogP contribution is -2.28. The van der Waals surface area contributed by atoms with E-state index in [1.165, 1.54) is 88.6 Å². The largest absolute Gasteiger partial charge is 0.310 e. The maximum atomic E-state index is 2.44. The van der Waals surface area contributed by atoms with E-state index in [4.69, 9.17) is 0 Å². The summed E-state index contributed by atoms with van der Waals surface area (Å²) in [5, 5.41) is 2.53. The summed E-state index contributed by atoms with van der Waals surface area (Å²) in [7, 11) is 0. The van der Waals surface area contributed by atoms with Gasteiger partial charge in [-0.15, -0.1) is 0 Å². The van der Waals surface area contributed by atoms with Gasteiger partial charge in [-0.3, -0.25) is 0 Å². The summed E-state index contributed by atoms with van der Waals surface area (Å²) in [6.07, 6.45) is 0. The van der Waals surface area contributed by atoms with Crippen molar-refractivity contribution in [3.63, 3.8) is 0 Å². The van der Waals surface area contributed by atoms with E-state index in [-0.39, 0.29) is 5.41 Å². The minimum absolute atomic E-state index is 0.129. The molecule has 1 aromatic heterocycles. The van der Waals surface area contributed by atoms with Crippen LogP contribution in [0.4, 0.5) is 17.1 Å². The first-order valence-corrected chi connectivity index (χ1v) is 23.1. The first-order chi connectivity index (χ1) is 32.5. The van der Waals surface area contributed by atoms with E-state index in [2.05, 4.69) is 266 Å². The molecule has 312 valence electrons. The molecule has 2 heteroatoms. The van der Waals surface area contributed by atoms with Gasteiger partial charge in [0.15, 0.2) is 0 Å². The van der Waals surface area contributed by atoms with Gasteiger partial charge in [-0.25, -0.2) is 0 Å². The van der Waals surface area contributed by atoms with Crippen molar-refractivity contribution in [2.45, 2.75) is 24.7 Å². The Kier molecular flexibility index (Phi) is 8.51. The van der Waals surface area contributed by atoms with Crippen LogP contribution < -0.4 is 4.90 Å². The molecule has 66 heavy (non-hydrogen) atoms. The summed E-state index contributed by atoms with van der Waals surface area (Å²) < 4.78 is 2.41. The molecule has 0 unspecified atom stereocenters. The highest BCUT2D eigenvalue weighted by atomic mass is 15.1. The van der Waals surface area contributed by atoms with Gasteiger partial charge in [0.2, 0.25) is 0 Å². The molecule has 0 spiro atoms. The smallest absolute Gasteiger partial charge is 0.0713 e. The Balaban J connectivity index is 0.988. The van der Waals surface area contributed by atoms with Crippen LogP contribution in [0.2, 0.25) is 0 Å². The number of anilines is 3. The highest BCUT2D eigenvalue weighted by Crippen LogP contribution is 2.57. The lowest BCUT2D eigenvalue weighted by Gasteiger charge is -2.35. The molecule has 2 aliphatic carbocycles. The van der Waals surface area contributed by atoms with Crippen molar-refractivity contribution in [2.24, 2.45) is 0 Å². The van der Waals surface area contributed by atoms with Crippen LogP contribution in [0.15, 0.2) is 243 Å².